The molecule has 98 valence electrons. The molecule has 0 aliphatic heterocycles. The van der Waals surface area contributed by atoms with Crippen molar-refractivity contribution in [3.63, 3.8) is 0 Å². The molecule has 0 fully saturated rings. The molecule has 2 heterocycles. The number of anilines is 1. The Morgan fingerprint density at radius 2 is 2.11 bits per heavy atom. The third-order valence-corrected chi connectivity index (χ3v) is 2.69. The molecule has 0 radical (unpaired) electrons. The minimum Gasteiger partial charge on any atom is -0.381 e. The molecule has 5 nitrogen and oxygen atoms in total. The molecule has 5 heteroatoms. The van der Waals surface area contributed by atoms with Crippen LogP contribution in [0.1, 0.15) is 21.7 Å². The van der Waals surface area contributed by atoms with Crippen molar-refractivity contribution in [1.29, 1.82) is 0 Å². The molecule has 2 aromatic heterocycles. The molecule has 0 aromatic carbocycles. The fourth-order valence-electron chi connectivity index (χ4n) is 1.60. The minimum atomic E-state index is -0.194. The molecule has 0 bridgehead atoms. The van der Waals surface area contributed by atoms with Gasteiger partial charge in [-0.2, -0.15) is 0 Å². The van der Waals surface area contributed by atoms with Crippen LogP contribution in [0.5, 0.6) is 0 Å². The Hall–Kier alpha value is -2.43. The zero-order chi connectivity index (χ0) is 13.7. The fourth-order valence-corrected chi connectivity index (χ4v) is 1.60. The number of aromatic nitrogens is 2. The molecule has 2 rings (SSSR count). The van der Waals surface area contributed by atoms with Gasteiger partial charge < -0.3 is 10.6 Å². The van der Waals surface area contributed by atoms with Gasteiger partial charge in [0.1, 0.15) is 5.69 Å². The molecular formula is C14H16N4O. The number of aryl methyl sites for hydroxylation is 1. The number of amides is 1. The number of rotatable bonds is 4. The minimum absolute atomic E-state index is 0.194. The second-order valence-electron chi connectivity index (χ2n) is 4.17. The van der Waals surface area contributed by atoms with Gasteiger partial charge in [-0.1, -0.05) is 6.07 Å². The van der Waals surface area contributed by atoms with E-state index in [0.29, 0.717) is 12.2 Å². The van der Waals surface area contributed by atoms with E-state index in [9.17, 15) is 4.79 Å². The molecule has 1 amide bonds. The van der Waals surface area contributed by atoms with E-state index in [4.69, 9.17) is 0 Å². The second kappa shape index (κ2) is 5.95. The van der Waals surface area contributed by atoms with E-state index in [0.717, 1.165) is 16.9 Å². The Balaban J connectivity index is 2.03. The van der Waals surface area contributed by atoms with Crippen molar-refractivity contribution in [3.05, 3.63) is 53.6 Å². The first-order valence-corrected chi connectivity index (χ1v) is 6.02. The molecule has 2 aromatic rings. The summed E-state index contributed by atoms with van der Waals surface area (Å²) < 4.78 is 0. The van der Waals surface area contributed by atoms with Gasteiger partial charge in [-0.3, -0.25) is 14.8 Å². The zero-order valence-corrected chi connectivity index (χ0v) is 11.0. The summed E-state index contributed by atoms with van der Waals surface area (Å²) in [6.45, 7) is 2.61. The maximum absolute atomic E-state index is 11.5. The maximum atomic E-state index is 11.5. The first-order valence-electron chi connectivity index (χ1n) is 6.02. The van der Waals surface area contributed by atoms with Crippen LogP contribution >= 0.6 is 0 Å². The summed E-state index contributed by atoms with van der Waals surface area (Å²) in [7, 11) is 1.59. The topological polar surface area (TPSA) is 66.9 Å². The van der Waals surface area contributed by atoms with E-state index < -0.39 is 0 Å². The molecule has 2 N–H and O–H groups in total. The molecule has 0 saturated carbocycles. The van der Waals surface area contributed by atoms with Crippen LogP contribution in [0.15, 0.2) is 36.7 Å². The van der Waals surface area contributed by atoms with E-state index in [1.807, 2.05) is 31.3 Å². The number of pyridine rings is 2. The van der Waals surface area contributed by atoms with Crippen LogP contribution in [-0.4, -0.2) is 22.9 Å². The van der Waals surface area contributed by atoms with E-state index in [1.165, 1.54) is 0 Å². The quantitative estimate of drug-likeness (QED) is 0.874. The van der Waals surface area contributed by atoms with E-state index in [-0.39, 0.29) is 5.91 Å². The highest BCUT2D eigenvalue weighted by Gasteiger charge is 2.05. The first-order chi connectivity index (χ1) is 9.19. The van der Waals surface area contributed by atoms with Gasteiger partial charge in [0.15, 0.2) is 0 Å². The van der Waals surface area contributed by atoms with Crippen molar-refractivity contribution in [3.8, 4) is 0 Å². The monoisotopic (exact) mass is 256 g/mol. The van der Waals surface area contributed by atoms with Gasteiger partial charge in [0, 0.05) is 37.4 Å². The van der Waals surface area contributed by atoms with Crippen molar-refractivity contribution < 1.29 is 4.79 Å². The third kappa shape index (κ3) is 3.51. The number of hydrogen-bond donors (Lipinski definition) is 2. The van der Waals surface area contributed by atoms with Gasteiger partial charge >= 0.3 is 0 Å². The summed E-state index contributed by atoms with van der Waals surface area (Å²) in [5.41, 5.74) is 3.34. The lowest BCUT2D eigenvalue weighted by Gasteiger charge is -2.07. The normalized spacial score (nSPS) is 10.0. The molecule has 0 saturated heterocycles. The van der Waals surface area contributed by atoms with Crippen molar-refractivity contribution in [2.45, 2.75) is 13.5 Å². The maximum Gasteiger partial charge on any atom is 0.269 e. The first kappa shape index (κ1) is 13.0. The van der Waals surface area contributed by atoms with E-state index in [1.54, 1.807) is 19.3 Å². The number of carbonyl (C=O) groups is 1. The van der Waals surface area contributed by atoms with Gasteiger partial charge in [0.25, 0.3) is 5.91 Å². The molecule has 0 spiro atoms. The van der Waals surface area contributed by atoms with Gasteiger partial charge in [-0.05, 0) is 30.7 Å². The second-order valence-corrected chi connectivity index (χ2v) is 4.17. The molecule has 0 atom stereocenters. The van der Waals surface area contributed by atoms with Crippen molar-refractivity contribution in [2.24, 2.45) is 0 Å². The standard InChI is InChI=1S/C14H16N4O/c1-10-3-4-11(8-17-10)9-18-12-5-6-16-13(7-12)14(19)15-2/h3-8H,9H2,1-2H3,(H,15,19)(H,16,18). The highest BCUT2D eigenvalue weighted by molar-refractivity contribution is 5.92. The fraction of sp³-hybridized carbons (Fsp3) is 0.214. The SMILES string of the molecule is CNC(=O)c1cc(NCc2ccc(C)nc2)ccn1. The Morgan fingerprint density at radius 1 is 1.26 bits per heavy atom. The summed E-state index contributed by atoms with van der Waals surface area (Å²) in [5, 5.41) is 5.79. The van der Waals surface area contributed by atoms with Crippen LogP contribution in [0.4, 0.5) is 5.69 Å². The van der Waals surface area contributed by atoms with Gasteiger partial charge in [0.2, 0.25) is 0 Å². The average Bonchev–Trinajstić information content (AvgIpc) is 2.46. The Bertz CT molecular complexity index is 566. The number of hydrogen-bond acceptors (Lipinski definition) is 4. The van der Waals surface area contributed by atoms with Crippen molar-refractivity contribution >= 4 is 11.6 Å². The molecule has 19 heavy (non-hydrogen) atoms. The molecular weight excluding hydrogens is 240 g/mol. The third-order valence-electron chi connectivity index (χ3n) is 2.69. The number of nitrogens with one attached hydrogen (secondary N) is 2. The summed E-state index contributed by atoms with van der Waals surface area (Å²) >= 11 is 0. The predicted molar refractivity (Wildman–Crippen MR) is 73.9 cm³/mol. The van der Waals surface area contributed by atoms with Crippen LogP contribution in [0.3, 0.4) is 0 Å². The molecule has 0 aliphatic rings. The van der Waals surface area contributed by atoms with Crippen LogP contribution in [0, 0.1) is 6.92 Å². The van der Waals surface area contributed by atoms with Gasteiger partial charge in [-0.15, -0.1) is 0 Å². The molecule has 0 unspecified atom stereocenters. The van der Waals surface area contributed by atoms with E-state index >= 15 is 0 Å². The Kier molecular flexibility index (Phi) is 4.07. The van der Waals surface area contributed by atoms with Crippen LogP contribution in [0.2, 0.25) is 0 Å². The highest BCUT2D eigenvalue weighted by Crippen LogP contribution is 2.10. The number of carbonyl (C=O) groups excluding carboxylic acids is 1. The Labute approximate surface area is 112 Å². The van der Waals surface area contributed by atoms with Gasteiger partial charge in [-0.25, -0.2) is 0 Å². The lowest BCUT2D eigenvalue weighted by Crippen LogP contribution is -2.19. The largest absolute Gasteiger partial charge is 0.381 e. The van der Waals surface area contributed by atoms with Crippen LogP contribution in [-0.2, 0) is 6.54 Å². The lowest BCUT2D eigenvalue weighted by molar-refractivity contribution is 0.0958. The Morgan fingerprint density at radius 3 is 2.79 bits per heavy atom. The summed E-state index contributed by atoms with van der Waals surface area (Å²) in [6, 6.07) is 7.55. The number of nitrogens with zero attached hydrogens (tertiary/aromatic N) is 2. The summed E-state index contributed by atoms with van der Waals surface area (Å²) in [4.78, 5) is 19.7. The highest BCUT2D eigenvalue weighted by atomic mass is 16.1. The smallest absolute Gasteiger partial charge is 0.269 e. The van der Waals surface area contributed by atoms with Crippen molar-refractivity contribution in [2.75, 3.05) is 12.4 Å². The van der Waals surface area contributed by atoms with Crippen molar-refractivity contribution in [1.82, 2.24) is 15.3 Å². The zero-order valence-electron chi connectivity index (χ0n) is 11.0. The molecule has 0 aliphatic carbocycles. The summed E-state index contributed by atoms with van der Waals surface area (Å²) in [6.07, 6.45) is 3.45. The van der Waals surface area contributed by atoms with Crippen LogP contribution in [0.25, 0.3) is 0 Å². The predicted octanol–water partition coefficient (Wildman–Crippen LogP) is 1.76. The lowest BCUT2D eigenvalue weighted by atomic mass is 10.2. The van der Waals surface area contributed by atoms with Crippen LogP contribution < -0.4 is 10.6 Å². The average molecular weight is 256 g/mol. The van der Waals surface area contributed by atoms with Gasteiger partial charge in [0.05, 0.1) is 0 Å². The van der Waals surface area contributed by atoms with E-state index in [2.05, 4.69) is 20.6 Å². The summed E-state index contributed by atoms with van der Waals surface area (Å²) in [5.74, 6) is -0.194.